The zero-order valence-corrected chi connectivity index (χ0v) is 20.4. The molecular weight excluding hydrogens is 462 g/mol. The molecule has 1 unspecified atom stereocenters. The number of phenolic OH excluding ortho intramolecular Hbond substituents is 1. The SMILES string of the molecule is CCOC(=O)C(Cc1ccc(Br)cc1)c1c(SC(C)(C)C)c2cc(O)ccc2n1C. The van der Waals surface area contributed by atoms with Crippen LogP contribution in [0.25, 0.3) is 10.9 Å². The van der Waals surface area contributed by atoms with E-state index in [0.29, 0.717) is 13.0 Å². The van der Waals surface area contributed by atoms with Crippen LogP contribution in [0, 0.1) is 0 Å². The Hall–Kier alpha value is -1.92. The molecule has 0 saturated heterocycles. The number of carbonyl (C=O) groups is 1. The standard InChI is InChI=1S/C24H28BrNO3S/c1-6-29-23(28)19(13-15-7-9-16(25)10-8-15)21-22(30-24(2,3)4)18-14-17(27)11-12-20(18)26(21)5/h7-12,14,19,27H,6,13H2,1-5H3. The molecule has 30 heavy (non-hydrogen) atoms. The van der Waals surface area contributed by atoms with Crippen LogP contribution in [0.3, 0.4) is 0 Å². The van der Waals surface area contributed by atoms with E-state index in [4.69, 9.17) is 4.74 Å². The normalized spacial score (nSPS) is 12.9. The Kier molecular flexibility index (Phi) is 6.88. The van der Waals surface area contributed by atoms with Crippen molar-refractivity contribution in [1.29, 1.82) is 0 Å². The van der Waals surface area contributed by atoms with Gasteiger partial charge in [-0.05, 0) is 49.2 Å². The van der Waals surface area contributed by atoms with E-state index in [-0.39, 0.29) is 16.5 Å². The van der Waals surface area contributed by atoms with Gasteiger partial charge in [-0.25, -0.2) is 0 Å². The smallest absolute Gasteiger partial charge is 0.315 e. The number of halogens is 1. The average molecular weight is 490 g/mol. The summed E-state index contributed by atoms with van der Waals surface area (Å²) in [6.07, 6.45) is 0.542. The summed E-state index contributed by atoms with van der Waals surface area (Å²) in [5.41, 5.74) is 2.98. The molecular formula is C24H28BrNO3S. The summed E-state index contributed by atoms with van der Waals surface area (Å²) in [7, 11) is 1.98. The number of aromatic nitrogens is 1. The van der Waals surface area contributed by atoms with Crippen LogP contribution in [0.15, 0.2) is 51.8 Å². The fraction of sp³-hybridized carbons (Fsp3) is 0.375. The van der Waals surface area contributed by atoms with Crippen molar-refractivity contribution in [3.63, 3.8) is 0 Å². The number of esters is 1. The molecule has 0 spiro atoms. The summed E-state index contributed by atoms with van der Waals surface area (Å²) in [6.45, 7) is 8.62. The number of aryl methyl sites for hydroxylation is 1. The van der Waals surface area contributed by atoms with Crippen molar-refractivity contribution in [3.8, 4) is 5.75 Å². The molecule has 3 rings (SSSR count). The number of hydrogen-bond acceptors (Lipinski definition) is 4. The predicted octanol–water partition coefficient (Wildman–Crippen LogP) is 6.43. The van der Waals surface area contributed by atoms with Gasteiger partial charge in [-0.15, -0.1) is 11.8 Å². The molecule has 4 nitrogen and oxygen atoms in total. The van der Waals surface area contributed by atoms with Crippen LogP contribution in [0.2, 0.25) is 0 Å². The Bertz CT molecular complexity index is 1050. The molecule has 0 bridgehead atoms. The van der Waals surface area contributed by atoms with Crippen LogP contribution >= 0.6 is 27.7 Å². The summed E-state index contributed by atoms with van der Waals surface area (Å²) >= 11 is 5.19. The van der Waals surface area contributed by atoms with E-state index >= 15 is 0 Å². The molecule has 6 heteroatoms. The highest BCUT2D eigenvalue weighted by molar-refractivity contribution is 9.10. The van der Waals surface area contributed by atoms with E-state index in [2.05, 4.69) is 41.3 Å². The van der Waals surface area contributed by atoms with Crippen LogP contribution in [0.4, 0.5) is 0 Å². The third-order valence-corrected chi connectivity index (χ3v) is 6.62. The monoisotopic (exact) mass is 489 g/mol. The molecule has 1 atom stereocenters. The lowest BCUT2D eigenvalue weighted by atomic mass is 9.96. The number of ether oxygens (including phenoxy) is 1. The Morgan fingerprint density at radius 2 is 1.87 bits per heavy atom. The summed E-state index contributed by atoms with van der Waals surface area (Å²) in [6, 6.07) is 13.4. The lowest BCUT2D eigenvalue weighted by molar-refractivity contribution is -0.145. The zero-order valence-electron chi connectivity index (χ0n) is 18.0. The van der Waals surface area contributed by atoms with Crippen LogP contribution in [0.1, 0.15) is 44.9 Å². The quantitative estimate of drug-likeness (QED) is 0.320. The molecule has 0 aliphatic carbocycles. The zero-order chi connectivity index (χ0) is 22.1. The summed E-state index contributed by atoms with van der Waals surface area (Å²) in [4.78, 5) is 14.1. The minimum absolute atomic E-state index is 0.0642. The second-order valence-electron chi connectivity index (χ2n) is 8.32. The average Bonchev–Trinajstić information content (AvgIpc) is 2.91. The molecule has 0 fully saturated rings. The van der Waals surface area contributed by atoms with E-state index in [0.717, 1.165) is 31.5 Å². The molecule has 1 heterocycles. The lowest BCUT2D eigenvalue weighted by Gasteiger charge is -2.23. The van der Waals surface area contributed by atoms with E-state index in [1.807, 2.05) is 44.3 Å². The van der Waals surface area contributed by atoms with Crippen LogP contribution in [-0.4, -0.2) is 27.0 Å². The molecule has 1 aromatic heterocycles. The van der Waals surface area contributed by atoms with E-state index in [9.17, 15) is 9.90 Å². The van der Waals surface area contributed by atoms with E-state index < -0.39 is 5.92 Å². The number of nitrogens with zero attached hydrogens (tertiary/aromatic N) is 1. The number of aromatic hydroxyl groups is 1. The van der Waals surface area contributed by atoms with Crippen LogP contribution in [0.5, 0.6) is 5.75 Å². The van der Waals surface area contributed by atoms with E-state index in [1.54, 1.807) is 23.9 Å². The third-order valence-electron chi connectivity index (χ3n) is 4.84. The van der Waals surface area contributed by atoms with Crippen molar-refractivity contribution in [3.05, 3.63) is 58.2 Å². The Morgan fingerprint density at radius 3 is 2.47 bits per heavy atom. The maximum atomic E-state index is 13.1. The molecule has 1 N–H and O–H groups in total. The molecule has 160 valence electrons. The van der Waals surface area contributed by atoms with Gasteiger partial charge in [0.2, 0.25) is 0 Å². The van der Waals surface area contributed by atoms with Gasteiger partial charge in [0.15, 0.2) is 0 Å². The molecule has 3 aromatic rings. The Morgan fingerprint density at radius 1 is 1.20 bits per heavy atom. The number of phenols is 1. The second kappa shape index (κ2) is 9.06. The minimum atomic E-state index is -0.449. The predicted molar refractivity (Wildman–Crippen MR) is 127 cm³/mol. The van der Waals surface area contributed by atoms with Crippen molar-refractivity contribution in [2.24, 2.45) is 7.05 Å². The van der Waals surface area contributed by atoms with Crippen LogP contribution in [-0.2, 0) is 23.0 Å². The van der Waals surface area contributed by atoms with Gasteiger partial charge >= 0.3 is 5.97 Å². The van der Waals surface area contributed by atoms with Gasteiger partial charge in [-0.3, -0.25) is 4.79 Å². The Balaban J connectivity index is 2.21. The maximum Gasteiger partial charge on any atom is 0.315 e. The van der Waals surface area contributed by atoms with Gasteiger partial charge in [0.1, 0.15) is 11.7 Å². The van der Waals surface area contributed by atoms with Gasteiger partial charge in [0.05, 0.1) is 6.61 Å². The fourth-order valence-electron chi connectivity index (χ4n) is 3.61. The highest BCUT2D eigenvalue weighted by Gasteiger charge is 2.32. The molecule has 0 amide bonds. The molecule has 0 aliphatic heterocycles. The van der Waals surface area contributed by atoms with E-state index in [1.165, 1.54) is 0 Å². The number of carbonyl (C=O) groups excluding carboxylic acids is 1. The summed E-state index contributed by atoms with van der Waals surface area (Å²) in [5, 5.41) is 11.1. The van der Waals surface area contributed by atoms with Crippen molar-refractivity contribution in [2.75, 3.05) is 6.61 Å². The van der Waals surface area contributed by atoms with Crippen molar-refractivity contribution in [2.45, 2.75) is 49.7 Å². The first kappa shape index (κ1) is 22.8. The number of hydrogen-bond donors (Lipinski definition) is 1. The van der Waals surface area contributed by atoms with Crippen molar-refractivity contribution >= 4 is 44.6 Å². The van der Waals surface area contributed by atoms with Crippen LogP contribution < -0.4 is 0 Å². The summed E-state index contributed by atoms with van der Waals surface area (Å²) in [5.74, 6) is -0.460. The fourth-order valence-corrected chi connectivity index (χ4v) is 5.15. The molecule has 0 saturated carbocycles. The number of fused-ring (bicyclic) bond motifs is 1. The molecule has 0 aliphatic rings. The molecule has 0 radical (unpaired) electrons. The maximum absolute atomic E-state index is 13.1. The van der Waals surface area contributed by atoms with Gasteiger partial charge < -0.3 is 14.4 Å². The first-order valence-electron chi connectivity index (χ1n) is 10.0. The Labute approximate surface area is 190 Å². The van der Waals surface area contributed by atoms with Gasteiger partial charge in [0.25, 0.3) is 0 Å². The van der Waals surface area contributed by atoms with Gasteiger partial charge in [-0.2, -0.15) is 0 Å². The van der Waals surface area contributed by atoms with Crippen molar-refractivity contribution in [1.82, 2.24) is 4.57 Å². The largest absolute Gasteiger partial charge is 0.508 e. The van der Waals surface area contributed by atoms with Crippen molar-refractivity contribution < 1.29 is 14.6 Å². The lowest BCUT2D eigenvalue weighted by Crippen LogP contribution is -2.22. The minimum Gasteiger partial charge on any atom is -0.508 e. The number of rotatable bonds is 6. The number of benzene rings is 2. The molecule has 2 aromatic carbocycles. The first-order valence-corrected chi connectivity index (χ1v) is 11.6. The third kappa shape index (κ3) is 5.03. The first-order chi connectivity index (χ1) is 14.1. The van der Waals surface area contributed by atoms with Gasteiger partial charge in [0, 0.05) is 37.8 Å². The number of thioether (sulfide) groups is 1. The second-order valence-corrected chi connectivity index (χ2v) is 11.1. The van der Waals surface area contributed by atoms with Gasteiger partial charge in [-0.1, -0.05) is 48.8 Å². The summed E-state index contributed by atoms with van der Waals surface area (Å²) < 4.78 is 8.51. The topological polar surface area (TPSA) is 51.5 Å². The highest BCUT2D eigenvalue weighted by atomic mass is 79.9. The highest BCUT2D eigenvalue weighted by Crippen LogP contribution is 2.44.